The van der Waals surface area contributed by atoms with Crippen LogP contribution >= 0.6 is 0 Å². The molecule has 0 aliphatic heterocycles. The van der Waals surface area contributed by atoms with E-state index in [1.807, 2.05) is 13.1 Å². The second-order valence-corrected chi connectivity index (χ2v) is 6.65. The molecule has 1 N–H and O–H groups in total. The smallest absolute Gasteiger partial charge is 0.318 e. The van der Waals surface area contributed by atoms with Crippen molar-refractivity contribution in [1.29, 1.82) is 0 Å². The summed E-state index contributed by atoms with van der Waals surface area (Å²) in [6.45, 7) is 2.37. The SMILES string of the molecule is CCOC(=O)C1(c2[nH]ccc2C2CCCCC2)CCCC1. The summed E-state index contributed by atoms with van der Waals surface area (Å²) in [5, 5.41) is 0. The van der Waals surface area contributed by atoms with E-state index in [4.69, 9.17) is 4.74 Å². The predicted octanol–water partition coefficient (Wildman–Crippen LogP) is 4.44. The Bertz CT molecular complexity index is 479. The van der Waals surface area contributed by atoms with Gasteiger partial charge in [0, 0.05) is 11.9 Å². The van der Waals surface area contributed by atoms with Crippen LogP contribution in [-0.2, 0) is 14.9 Å². The Morgan fingerprint density at radius 2 is 1.95 bits per heavy atom. The molecule has 3 rings (SSSR count). The number of carbonyl (C=O) groups is 1. The van der Waals surface area contributed by atoms with E-state index in [0.29, 0.717) is 12.5 Å². The zero-order valence-electron chi connectivity index (χ0n) is 13.1. The summed E-state index contributed by atoms with van der Waals surface area (Å²) in [4.78, 5) is 16.1. The molecular weight excluding hydrogens is 262 g/mol. The molecule has 0 unspecified atom stereocenters. The van der Waals surface area contributed by atoms with Gasteiger partial charge in [-0.3, -0.25) is 4.79 Å². The molecule has 0 bridgehead atoms. The number of rotatable bonds is 4. The Kier molecular flexibility index (Phi) is 4.37. The highest BCUT2D eigenvalue weighted by Gasteiger charge is 2.46. The molecule has 1 aromatic heterocycles. The van der Waals surface area contributed by atoms with Gasteiger partial charge in [0.1, 0.15) is 5.41 Å². The van der Waals surface area contributed by atoms with Crippen LogP contribution in [-0.4, -0.2) is 17.6 Å². The van der Waals surface area contributed by atoms with Crippen molar-refractivity contribution in [3.05, 3.63) is 23.5 Å². The van der Waals surface area contributed by atoms with Crippen LogP contribution in [0.2, 0.25) is 0 Å². The van der Waals surface area contributed by atoms with Crippen LogP contribution in [0.1, 0.15) is 81.9 Å². The van der Waals surface area contributed by atoms with Gasteiger partial charge in [-0.05, 0) is 50.2 Å². The normalized spacial score (nSPS) is 22.3. The maximum absolute atomic E-state index is 12.7. The van der Waals surface area contributed by atoms with Gasteiger partial charge in [-0.2, -0.15) is 0 Å². The van der Waals surface area contributed by atoms with Gasteiger partial charge in [0.05, 0.1) is 6.61 Å². The van der Waals surface area contributed by atoms with Crippen LogP contribution in [0, 0.1) is 0 Å². The van der Waals surface area contributed by atoms with Crippen LogP contribution in [0.25, 0.3) is 0 Å². The number of esters is 1. The largest absolute Gasteiger partial charge is 0.465 e. The van der Waals surface area contributed by atoms with Crippen molar-refractivity contribution in [2.75, 3.05) is 6.61 Å². The predicted molar refractivity (Wildman–Crippen MR) is 83.4 cm³/mol. The first-order valence-corrected chi connectivity index (χ1v) is 8.63. The van der Waals surface area contributed by atoms with Gasteiger partial charge in [0.2, 0.25) is 0 Å². The summed E-state index contributed by atoms with van der Waals surface area (Å²) in [5.41, 5.74) is 2.17. The van der Waals surface area contributed by atoms with Crippen molar-refractivity contribution in [2.24, 2.45) is 0 Å². The number of nitrogens with one attached hydrogen (secondary N) is 1. The highest BCUT2D eigenvalue weighted by atomic mass is 16.5. The number of ether oxygens (including phenoxy) is 1. The van der Waals surface area contributed by atoms with Crippen molar-refractivity contribution in [3.63, 3.8) is 0 Å². The fraction of sp³-hybridized carbons (Fsp3) is 0.722. The molecule has 1 heterocycles. The first kappa shape index (κ1) is 14.7. The van der Waals surface area contributed by atoms with Gasteiger partial charge >= 0.3 is 5.97 Å². The number of aromatic nitrogens is 1. The lowest BCUT2D eigenvalue weighted by Gasteiger charge is -2.30. The zero-order valence-corrected chi connectivity index (χ0v) is 13.1. The monoisotopic (exact) mass is 289 g/mol. The molecule has 1 aromatic rings. The van der Waals surface area contributed by atoms with Gasteiger partial charge in [-0.15, -0.1) is 0 Å². The quantitative estimate of drug-likeness (QED) is 0.833. The second kappa shape index (κ2) is 6.25. The van der Waals surface area contributed by atoms with E-state index in [1.165, 1.54) is 43.4 Å². The Morgan fingerprint density at radius 3 is 2.62 bits per heavy atom. The number of carbonyl (C=O) groups excluding carboxylic acids is 1. The van der Waals surface area contributed by atoms with Gasteiger partial charge < -0.3 is 9.72 Å². The summed E-state index contributed by atoms with van der Waals surface area (Å²) in [6.07, 6.45) is 12.7. The van der Waals surface area contributed by atoms with Crippen LogP contribution in [0.5, 0.6) is 0 Å². The van der Waals surface area contributed by atoms with E-state index in [9.17, 15) is 4.79 Å². The van der Waals surface area contributed by atoms with E-state index in [2.05, 4.69) is 11.1 Å². The van der Waals surface area contributed by atoms with Crippen LogP contribution < -0.4 is 0 Å². The fourth-order valence-corrected chi connectivity index (χ4v) is 4.35. The highest BCUT2D eigenvalue weighted by molar-refractivity contribution is 5.83. The molecule has 0 aromatic carbocycles. The number of H-pyrrole nitrogens is 1. The Morgan fingerprint density at radius 1 is 1.24 bits per heavy atom. The third-order valence-corrected chi connectivity index (χ3v) is 5.43. The molecule has 3 nitrogen and oxygen atoms in total. The van der Waals surface area contributed by atoms with Gasteiger partial charge in [-0.25, -0.2) is 0 Å². The van der Waals surface area contributed by atoms with E-state index in [-0.39, 0.29) is 5.97 Å². The fourth-order valence-electron chi connectivity index (χ4n) is 4.35. The van der Waals surface area contributed by atoms with Crippen molar-refractivity contribution in [2.45, 2.75) is 76.0 Å². The Hall–Kier alpha value is -1.25. The lowest BCUT2D eigenvalue weighted by molar-refractivity contribution is -0.150. The molecular formula is C18H27NO2. The molecule has 21 heavy (non-hydrogen) atoms. The van der Waals surface area contributed by atoms with E-state index in [0.717, 1.165) is 25.7 Å². The maximum Gasteiger partial charge on any atom is 0.318 e. The molecule has 2 fully saturated rings. The summed E-state index contributed by atoms with van der Waals surface area (Å²) in [5.74, 6) is 0.619. The van der Waals surface area contributed by atoms with Crippen LogP contribution in [0.3, 0.4) is 0 Å². The molecule has 3 heteroatoms. The number of hydrogen-bond acceptors (Lipinski definition) is 2. The highest BCUT2D eigenvalue weighted by Crippen LogP contribution is 2.46. The van der Waals surface area contributed by atoms with Crippen molar-refractivity contribution >= 4 is 5.97 Å². The zero-order chi connectivity index (χ0) is 14.7. The van der Waals surface area contributed by atoms with Crippen LogP contribution in [0.15, 0.2) is 12.3 Å². The molecule has 2 aliphatic carbocycles. The minimum absolute atomic E-state index is 0.0120. The molecule has 0 amide bonds. The summed E-state index contributed by atoms with van der Waals surface area (Å²) < 4.78 is 5.44. The summed E-state index contributed by atoms with van der Waals surface area (Å²) in [6, 6.07) is 2.21. The third kappa shape index (κ3) is 2.63. The molecule has 0 spiro atoms. The lowest BCUT2D eigenvalue weighted by atomic mass is 9.75. The first-order chi connectivity index (χ1) is 10.3. The van der Waals surface area contributed by atoms with E-state index < -0.39 is 5.41 Å². The van der Waals surface area contributed by atoms with E-state index >= 15 is 0 Å². The first-order valence-electron chi connectivity index (χ1n) is 8.63. The molecule has 0 saturated heterocycles. The summed E-state index contributed by atoms with van der Waals surface area (Å²) >= 11 is 0. The second-order valence-electron chi connectivity index (χ2n) is 6.65. The minimum atomic E-state index is -0.397. The molecule has 2 saturated carbocycles. The lowest BCUT2D eigenvalue weighted by Crippen LogP contribution is -2.36. The topological polar surface area (TPSA) is 42.1 Å². The Labute approximate surface area is 127 Å². The average molecular weight is 289 g/mol. The maximum atomic E-state index is 12.7. The molecule has 0 atom stereocenters. The third-order valence-electron chi connectivity index (χ3n) is 5.43. The van der Waals surface area contributed by atoms with Crippen molar-refractivity contribution in [3.8, 4) is 0 Å². The number of aromatic amines is 1. The van der Waals surface area contributed by atoms with Gasteiger partial charge in [0.15, 0.2) is 0 Å². The summed E-state index contributed by atoms with van der Waals surface area (Å²) in [7, 11) is 0. The van der Waals surface area contributed by atoms with Crippen LogP contribution in [0.4, 0.5) is 0 Å². The van der Waals surface area contributed by atoms with Gasteiger partial charge in [0.25, 0.3) is 0 Å². The minimum Gasteiger partial charge on any atom is -0.465 e. The molecule has 0 radical (unpaired) electrons. The molecule has 116 valence electrons. The average Bonchev–Trinajstić information content (AvgIpc) is 3.18. The van der Waals surface area contributed by atoms with Crippen molar-refractivity contribution in [1.82, 2.24) is 4.98 Å². The van der Waals surface area contributed by atoms with Gasteiger partial charge in [-0.1, -0.05) is 32.1 Å². The standard InChI is InChI=1S/C18H27NO2/c1-2-21-17(20)18(11-6-7-12-18)16-15(10-13-19-16)14-8-4-3-5-9-14/h10,13-14,19H,2-9,11-12H2,1H3. The van der Waals surface area contributed by atoms with E-state index in [1.54, 1.807) is 0 Å². The van der Waals surface area contributed by atoms with Crippen molar-refractivity contribution < 1.29 is 9.53 Å². The molecule has 2 aliphatic rings. The number of hydrogen-bond donors (Lipinski definition) is 1. The Balaban J connectivity index is 1.93.